The van der Waals surface area contributed by atoms with Gasteiger partial charge in [0.15, 0.2) is 0 Å². The Kier molecular flexibility index (Phi) is 4.60. The molecule has 0 spiro atoms. The van der Waals surface area contributed by atoms with Crippen molar-refractivity contribution in [3.63, 3.8) is 0 Å². The first-order chi connectivity index (χ1) is 8.34. The van der Waals surface area contributed by atoms with Gasteiger partial charge in [-0.3, -0.25) is 0 Å². The summed E-state index contributed by atoms with van der Waals surface area (Å²) >= 11 is 0. The van der Waals surface area contributed by atoms with Crippen LogP contribution in [0.5, 0.6) is 0 Å². The van der Waals surface area contributed by atoms with Gasteiger partial charge in [-0.2, -0.15) is 0 Å². The summed E-state index contributed by atoms with van der Waals surface area (Å²) in [4.78, 5) is 0. The van der Waals surface area contributed by atoms with Crippen molar-refractivity contribution in [1.29, 1.82) is 0 Å². The molecule has 0 aliphatic heterocycles. The Morgan fingerprint density at radius 1 is 1.06 bits per heavy atom. The molecule has 1 nitrogen and oxygen atoms in total. The molecule has 17 heavy (non-hydrogen) atoms. The molecule has 0 amide bonds. The Bertz CT molecular complexity index is 356. The van der Waals surface area contributed by atoms with E-state index in [-0.39, 0.29) is 5.82 Å². The van der Waals surface area contributed by atoms with Crippen molar-refractivity contribution in [2.24, 2.45) is 5.92 Å². The van der Waals surface area contributed by atoms with E-state index in [9.17, 15) is 4.39 Å². The highest BCUT2D eigenvalue weighted by atomic mass is 19.1. The first kappa shape index (κ1) is 12.2. The van der Waals surface area contributed by atoms with E-state index in [0.717, 1.165) is 18.2 Å². The zero-order chi connectivity index (χ0) is 11.9. The molecule has 1 aromatic carbocycles. The zero-order valence-electron chi connectivity index (χ0n) is 10.2. The third-order valence-corrected chi connectivity index (χ3v) is 3.33. The molecule has 2 heteroatoms. The molecule has 0 radical (unpaired) electrons. The number of rotatable bonds is 3. The molecule has 0 fully saturated rings. The number of hydrogen-bond donors (Lipinski definition) is 1. The van der Waals surface area contributed by atoms with Crippen molar-refractivity contribution in [3.8, 4) is 0 Å². The van der Waals surface area contributed by atoms with E-state index in [1.54, 1.807) is 12.1 Å². The van der Waals surface area contributed by atoms with E-state index < -0.39 is 0 Å². The van der Waals surface area contributed by atoms with Gasteiger partial charge in [0, 0.05) is 12.2 Å². The fourth-order valence-corrected chi connectivity index (χ4v) is 2.27. The van der Waals surface area contributed by atoms with E-state index in [2.05, 4.69) is 17.5 Å². The van der Waals surface area contributed by atoms with Gasteiger partial charge in [0.2, 0.25) is 0 Å². The summed E-state index contributed by atoms with van der Waals surface area (Å²) in [6.45, 7) is 0.999. The summed E-state index contributed by atoms with van der Waals surface area (Å²) in [5.41, 5.74) is 1.02. The van der Waals surface area contributed by atoms with E-state index in [1.807, 2.05) is 0 Å². The Morgan fingerprint density at radius 2 is 1.82 bits per heavy atom. The van der Waals surface area contributed by atoms with E-state index in [0.29, 0.717) is 0 Å². The van der Waals surface area contributed by atoms with Crippen LogP contribution in [-0.2, 0) is 0 Å². The number of allylic oxidation sites excluding steroid dienone is 2. The maximum Gasteiger partial charge on any atom is 0.123 e. The Balaban J connectivity index is 1.80. The highest BCUT2D eigenvalue weighted by Gasteiger charge is 2.08. The Labute approximate surface area is 103 Å². The molecule has 1 atom stereocenters. The van der Waals surface area contributed by atoms with Crippen molar-refractivity contribution in [2.75, 3.05) is 11.9 Å². The SMILES string of the molecule is Fc1ccc(NCC2CCC=CCCC2)cc1. The monoisotopic (exact) mass is 233 g/mol. The van der Waals surface area contributed by atoms with Crippen LogP contribution in [0.2, 0.25) is 0 Å². The Hall–Kier alpha value is -1.31. The normalized spacial score (nSPS) is 20.6. The third-order valence-electron chi connectivity index (χ3n) is 3.33. The second kappa shape index (κ2) is 6.43. The van der Waals surface area contributed by atoms with Crippen molar-refractivity contribution in [1.82, 2.24) is 0 Å². The second-order valence-electron chi connectivity index (χ2n) is 4.73. The number of benzene rings is 1. The standard InChI is InChI=1S/C15H20FN/c16-14-8-10-15(11-9-14)17-12-13-6-4-2-1-3-5-7-13/h1-2,8-11,13,17H,3-7,12H2. The average molecular weight is 233 g/mol. The summed E-state index contributed by atoms with van der Waals surface area (Å²) < 4.78 is 12.7. The largest absolute Gasteiger partial charge is 0.385 e. The molecule has 1 aliphatic rings. The minimum atomic E-state index is -0.174. The minimum absolute atomic E-state index is 0.174. The quantitative estimate of drug-likeness (QED) is 0.764. The second-order valence-corrected chi connectivity index (χ2v) is 4.73. The van der Waals surface area contributed by atoms with Crippen molar-refractivity contribution in [3.05, 3.63) is 42.2 Å². The van der Waals surface area contributed by atoms with Crippen LogP contribution in [0, 0.1) is 11.7 Å². The van der Waals surface area contributed by atoms with Gasteiger partial charge in [-0.1, -0.05) is 12.2 Å². The van der Waals surface area contributed by atoms with Gasteiger partial charge in [-0.15, -0.1) is 0 Å². The molecule has 92 valence electrons. The summed E-state index contributed by atoms with van der Waals surface area (Å²) in [6.07, 6.45) is 10.8. The van der Waals surface area contributed by atoms with Crippen molar-refractivity contribution >= 4 is 5.69 Å². The number of nitrogens with one attached hydrogen (secondary N) is 1. The van der Waals surface area contributed by atoms with E-state index in [1.165, 1.54) is 44.2 Å². The summed E-state index contributed by atoms with van der Waals surface area (Å²) in [6, 6.07) is 6.61. The van der Waals surface area contributed by atoms with Crippen LogP contribution in [-0.4, -0.2) is 6.54 Å². The van der Waals surface area contributed by atoms with Crippen LogP contribution in [0.1, 0.15) is 32.1 Å². The molecular formula is C15H20FN. The summed E-state index contributed by atoms with van der Waals surface area (Å²) in [5, 5.41) is 3.40. The highest BCUT2D eigenvalue weighted by molar-refractivity contribution is 5.42. The van der Waals surface area contributed by atoms with Gasteiger partial charge in [0.1, 0.15) is 5.82 Å². The van der Waals surface area contributed by atoms with Crippen LogP contribution in [0.3, 0.4) is 0 Å². The molecule has 0 saturated heterocycles. The number of halogens is 1. The van der Waals surface area contributed by atoms with Crippen LogP contribution >= 0.6 is 0 Å². The van der Waals surface area contributed by atoms with E-state index >= 15 is 0 Å². The lowest BCUT2D eigenvalue weighted by atomic mass is 9.94. The molecule has 0 aromatic heterocycles. The zero-order valence-corrected chi connectivity index (χ0v) is 10.2. The van der Waals surface area contributed by atoms with Crippen molar-refractivity contribution in [2.45, 2.75) is 32.1 Å². The van der Waals surface area contributed by atoms with Gasteiger partial charge in [-0.25, -0.2) is 4.39 Å². The smallest absolute Gasteiger partial charge is 0.123 e. The summed E-state index contributed by atoms with van der Waals surface area (Å²) in [5.74, 6) is 0.566. The molecule has 1 unspecified atom stereocenters. The predicted octanol–water partition coefficient (Wildman–Crippen LogP) is 4.37. The van der Waals surface area contributed by atoms with Gasteiger partial charge in [0.05, 0.1) is 0 Å². The lowest BCUT2D eigenvalue weighted by Crippen LogP contribution is -2.15. The first-order valence-electron chi connectivity index (χ1n) is 6.49. The molecular weight excluding hydrogens is 213 g/mol. The van der Waals surface area contributed by atoms with Gasteiger partial charge in [0.25, 0.3) is 0 Å². The molecule has 0 heterocycles. The molecule has 1 N–H and O–H groups in total. The molecule has 0 bridgehead atoms. The lowest BCUT2D eigenvalue weighted by Gasteiger charge is -2.18. The predicted molar refractivity (Wildman–Crippen MR) is 70.6 cm³/mol. The van der Waals surface area contributed by atoms with Crippen LogP contribution < -0.4 is 5.32 Å². The fraction of sp³-hybridized carbons (Fsp3) is 0.467. The van der Waals surface area contributed by atoms with Crippen LogP contribution in [0.4, 0.5) is 10.1 Å². The van der Waals surface area contributed by atoms with Crippen LogP contribution in [0.25, 0.3) is 0 Å². The van der Waals surface area contributed by atoms with Gasteiger partial charge >= 0.3 is 0 Å². The molecule has 1 aromatic rings. The van der Waals surface area contributed by atoms with Gasteiger partial charge in [-0.05, 0) is 62.3 Å². The fourth-order valence-electron chi connectivity index (χ4n) is 2.27. The first-order valence-corrected chi connectivity index (χ1v) is 6.49. The average Bonchev–Trinajstić information content (AvgIpc) is 2.30. The van der Waals surface area contributed by atoms with Crippen LogP contribution in [0.15, 0.2) is 36.4 Å². The lowest BCUT2D eigenvalue weighted by molar-refractivity contribution is 0.456. The van der Waals surface area contributed by atoms with Crippen molar-refractivity contribution < 1.29 is 4.39 Å². The number of anilines is 1. The highest BCUT2D eigenvalue weighted by Crippen LogP contribution is 2.19. The molecule has 1 aliphatic carbocycles. The Morgan fingerprint density at radius 3 is 2.65 bits per heavy atom. The van der Waals surface area contributed by atoms with Gasteiger partial charge < -0.3 is 5.32 Å². The third kappa shape index (κ3) is 4.22. The maximum absolute atomic E-state index is 12.7. The molecule has 2 rings (SSSR count). The topological polar surface area (TPSA) is 12.0 Å². The molecule has 0 saturated carbocycles. The minimum Gasteiger partial charge on any atom is -0.385 e. The van der Waals surface area contributed by atoms with E-state index in [4.69, 9.17) is 0 Å². The summed E-state index contributed by atoms with van der Waals surface area (Å²) in [7, 11) is 0. The number of hydrogen-bond acceptors (Lipinski definition) is 1. The maximum atomic E-state index is 12.7.